The van der Waals surface area contributed by atoms with Crippen molar-refractivity contribution in [1.82, 2.24) is 87.8 Å². The molecule has 4 aromatic carbocycles. The Bertz CT molecular complexity index is 5230. The number of hydrogen-bond donors (Lipinski definition) is 3. The average molecular weight is 1490 g/mol. The third-order valence-corrected chi connectivity index (χ3v) is 22.9. The molecule has 4 saturated heterocycles. The minimum absolute atomic E-state index is 0.260. The number of ether oxygens (including phenoxy) is 5. The summed E-state index contributed by atoms with van der Waals surface area (Å²) in [6, 6.07) is 34.9. The first-order chi connectivity index (χ1) is 53.8. The number of aryl methyl sites for hydroxylation is 4. The summed E-state index contributed by atoms with van der Waals surface area (Å²) in [5.74, 6) is 6.08. The summed E-state index contributed by atoms with van der Waals surface area (Å²) in [5.41, 5.74) is 18.0. The maximum Gasteiger partial charge on any atom is 0.216 e. The summed E-state index contributed by atoms with van der Waals surface area (Å²) < 4.78 is 37.6. The zero-order valence-corrected chi connectivity index (χ0v) is 64.2. The Morgan fingerprint density at radius 3 is 1.39 bits per heavy atom. The van der Waals surface area contributed by atoms with E-state index in [1.54, 1.807) is 0 Å². The maximum absolute atomic E-state index is 6.29. The molecule has 0 amide bonds. The van der Waals surface area contributed by atoms with Crippen LogP contribution in [0.3, 0.4) is 0 Å². The van der Waals surface area contributed by atoms with Crippen molar-refractivity contribution in [3.05, 3.63) is 169 Å². The molecule has 27 heteroatoms. The Balaban J connectivity index is 0.000000107. The van der Waals surface area contributed by atoms with Gasteiger partial charge in [-0.15, -0.1) is 0 Å². The highest BCUT2D eigenvalue weighted by Gasteiger charge is 2.31. The quantitative estimate of drug-likeness (QED) is 0.128. The molecule has 0 saturated carbocycles. The number of nitrogens with zero attached hydrogens (tertiary/aromatic N) is 19. The number of piperazine rings is 2. The number of aromatic nitrogens is 12. The molecule has 110 heavy (non-hydrogen) atoms. The van der Waals surface area contributed by atoms with Gasteiger partial charge in [0.2, 0.25) is 5.88 Å². The average Bonchev–Trinajstić information content (AvgIpc) is 1.62. The number of rotatable bonds is 0. The molecule has 3 N–H and O–H groups in total. The first kappa shape index (κ1) is 72.3. The topological polar surface area (TPSA) is 226 Å². The van der Waals surface area contributed by atoms with Gasteiger partial charge in [0.1, 0.15) is 61.1 Å². The lowest BCUT2D eigenvalue weighted by atomic mass is 10.0. The zero-order valence-electron chi connectivity index (χ0n) is 64.2. The van der Waals surface area contributed by atoms with Crippen LogP contribution >= 0.6 is 0 Å². The van der Waals surface area contributed by atoms with E-state index in [0.717, 1.165) is 219 Å². The van der Waals surface area contributed by atoms with Crippen LogP contribution in [0.5, 0.6) is 23.1 Å². The molecule has 4 atom stereocenters. The number of benzene rings is 4. The second-order valence-electron chi connectivity index (χ2n) is 30.4. The fraction of sp³-hybridized carbons (Fsp3) is 0.422. The summed E-state index contributed by atoms with van der Waals surface area (Å²) in [6.45, 7) is 28.5. The predicted octanol–water partition coefficient (Wildman–Crippen LogP) is 9.46. The Kier molecular flexibility index (Phi) is 21.2. The van der Waals surface area contributed by atoms with E-state index in [9.17, 15) is 0 Å². The molecule has 8 aliphatic heterocycles. The Morgan fingerprint density at radius 1 is 0.373 bits per heavy atom. The molecule has 572 valence electrons. The van der Waals surface area contributed by atoms with Gasteiger partial charge in [-0.2, -0.15) is 25.4 Å². The van der Waals surface area contributed by atoms with Crippen molar-refractivity contribution >= 4 is 45.7 Å². The van der Waals surface area contributed by atoms with Crippen LogP contribution < -0.4 is 39.8 Å². The maximum atomic E-state index is 6.29. The van der Waals surface area contributed by atoms with E-state index in [0.29, 0.717) is 57.0 Å². The molecule has 4 fully saturated rings. The van der Waals surface area contributed by atoms with Crippen molar-refractivity contribution in [1.29, 1.82) is 0 Å². The first-order valence-corrected chi connectivity index (χ1v) is 39.0. The molecule has 27 nitrogen and oxygen atoms in total. The van der Waals surface area contributed by atoms with E-state index >= 15 is 0 Å². The summed E-state index contributed by atoms with van der Waals surface area (Å²) >= 11 is 0. The predicted molar refractivity (Wildman–Crippen MR) is 430 cm³/mol. The molecular weight excluding hydrogens is 1390 g/mol. The van der Waals surface area contributed by atoms with E-state index in [-0.39, 0.29) is 6.04 Å². The molecule has 8 aromatic heterocycles. The van der Waals surface area contributed by atoms with Gasteiger partial charge in [-0.3, -0.25) is 19.6 Å². The third-order valence-electron chi connectivity index (χ3n) is 22.9. The number of morpholine rings is 1. The largest absolute Gasteiger partial charge is 0.492 e. The Morgan fingerprint density at radius 2 is 0.827 bits per heavy atom. The van der Waals surface area contributed by atoms with Crippen LogP contribution in [0.25, 0.3) is 67.1 Å². The molecule has 16 heterocycles. The summed E-state index contributed by atoms with van der Waals surface area (Å²) in [5, 5.41) is 28.5. The van der Waals surface area contributed by atoms with Crippen LogP contribution in [0, 0.1) is 27.7 Å². The summed E-state index contributed by atoms with van der Waals surface area (Å²) in [4.78, 5) is 36.4. The summed E-state index contributed by atoms with van der Waals surface area (Å²) in [6.07, 6.45) is 17.9. The molecule has 0 radical (unpaired) electrons. The van der Waals surface area contributed by atoms with Crippen molar-refractivity contribution in [3.63, 3.8) is 0 Å². The van der Waals surface area contributed by atoms with Gasteiger partial charge in [-0.05, 0) is 172 Å². The van der Waals surface area contributed by atoms with Crippen molar-refractivity contribution in [2.24, 2.45) is 0 Å². The van der Waals surface area contributed by atoms with Gasteiger partial charge >= 0.3 is 0 Å². The highest BCUT2D eigenvalue weighted by Crippen LogP contribution is 2.37. The lowest BCUT2D eigenvalue weighted by Crippen LogP contribution is -2.55. The number of fused-ring (bicyclic) bond motifs is 20. The highest BCUT2D eigenvalue weighted by atomic mass is 16.5. The second-order valence-corrected chi connectivity index (χ2v) is 30.4. The lowest BCUT2D eigenvalue weighted by molar-refractivity contribution is -0.0214. The Labute approximate surface area is 641 Å². The zero-order chi connectivity index (χ0) is 74.8. The van der Waals surface area contributed by atoms with Gasteiger partial charge in [0, 0.05) is 170 Å². The summed E-state index contributed by atoms with van der Waals surface area (Å²) in [7, 11) is 6.50. The number of nitrogens with one attached hydrogen (secondary N) is 3. The van der Waals surface area contributed by atoms with Gasteiger partial charge in [0.15, 0.2) is 22.6 Å². The number of anilines is 4. The first-order valence-electron chi connectivity index (χ1n) is 39.0. The number of likely N-dealkylation sites (N-methyl/N-ethyl adjacent to an activating group) is 3. The van der Waals surface area contributed by atoms with Crippen LogP contribution in [0.1, 0.15) is 35.1 Å². The van der Waals surface area contributed by atoms with E-state index in [4.69, 9.17) is 43.6 Å². The molecule has 8 aliphatic rings. The van der Waals surface area contributed by atoms with Gasteiger partial charge in [0.25, 0.3) is 0 Å². The Hall–Kier alpha value is -10.5. The van der Waals surface area contributed by atoms with Crippen LogP contribution in [0.4, 0.5) is 23.1 Å². The second kappa shape index (κ2) is 32.2. The highest BCUT2D eigenvalue weighted by molar-refractivity contribution is 5.84. The van der Waals surface area contributed by atoms with Gasteiger partial charge < -0.3 is 54.3 Å². The monoisotopic (exact) mass is 1480 g/mol. The van der Waals surface area contributed by atoms with E-state index in [2.05, 4.69) is 186 Å². The van der Waals surface area contributed by atoms with Crippen LogP contribution in [0.2, 0.25) is 0 Å². The van der Waals surface area contributed by atoms with Crippen LogP contribution in [-0.4, -0.2) is 277 Å². The smallest absolute Gasteiger partial charge is 0.216 e. The van der Waals surface area contributed by atoms with Gasteiger partial charge in [-0.25, -0.2) is 33.0 Å². The molecule has 16 bridgehead atoms. The van der Waals surface area contributed by atoms with Crippen molar-refractivity contribution in [2.75, 3.05) is 186 Å². The molecule has 20 rings (SSSR count). The third kappa shape index (κ3) is 15.8. The van der Waals surface area contributed by atoms with Crippen LogP contribution in [-0.2, 0) is 4.74 Å². The lowest BCUT2D eigenvalue weighted by Gasteiger charge is -2.40. The minimum Gasteiger partial charge on any atom is -0.492 e. The van der Waals surface area contributed by atoms with E-state index in [1.165, 1.54) is 35.1 Å². The molecular formula is C83H100N22O5. The van der Waals surface area contributed by atoms with Gasteiger partial charge in [-0.1, -0.05) is 24.3 Å². The van der Waals surface area contributed by atoms with Gasteiger partial charge in [0.05, 0.1) is 56.1 Å². The van der Waals surface area contributed by atoms with E-state index < -0.39 is 0 Å². The van der Waals surface area contributed by atoms with Crippen LogP contribution in [0.15, 0.2) is 147 Å². The fourth-order valence-electron chi connectivity index (χ4n) is 16.4. The fourth-order valence-corrected chi connectivity index (χ4v) is 16.4. The standard InChI is InChI=1S/C22H28N6O.C21H26N6O.C20H23N5O2.C20H23N5O/c1-16-4-5-18-12-19(16)20-13-23-28-7-6-21(24-22(20)28)26(3)9-11-27-10-8-25(2)14-17(27)15-29-18;1-15-3-4-17-11-18(15)19-12-23-27-7-5-20(24-21(19)27)22-6-8-26-10-9-25(2)13-16(26)14-28-17;1-14-2-3-16-10-17(14)18-11-22-25-6-4-19(23-20(18)25)21-5-7-24-8-9-26-12-15(24)13-27-16;1-14-4-5-15-11-17(14)18-13-22-25-8-6-19(23-20(18)25)26-10-9-24-7-2-3-16(24)12-21-15/h4-7,12-13,17H,8-11,14-15H2,1-3H3;3-5,7,11-12,16H,6,8-10,13-14H2,1-2H3,(H,22,24);2-4,6,10-11,15H,5,7-9,12-13H2,1H3,(H,21,23);4-6,8,11,13,16,21H,2-3,7,9-10,12H2,1H3/t17-;16-;15-;16-/m0000/s1. The van der Waals surface area contributed by atoms with Crippen molar-refractivity contribution < 1.29 is 23.7 Å². The molecule has 12 aromatic rings. The number of hydrogen-bond acceptors (Lipinski definition) is 23. The minimum atomic E-state index is 0.260. The molecule has 0 spiro atoms. The normalized spacial score (nSPS) is 20.8. The molecule has 0 aliphatic carbocycles. The van der Waals surface area contributed by atoms with E-state index in [1.807, 2.05) is 98.0 Å². The van der Waals surface area contributed by atoms with Crippen molar-refractivity contribution in [3.8, 4) is 67.6 Å². The molecule has 0 unspecified atom stereocenters. The van der Waals surface area contributed by atoms with Crippen molar-refractivity contribution in [2.45, 2.75) is 64.7 Å². The SMILES string of the molecule is Cc1ccc2cc1-c1cnn3ccc(nc13)N(C)CCN1CCN(C)C[C@H]1CO2.Cc1ccc2cc1-c1cnn3ccc(nc13)NCCN1CCN(C)C[C@H]1CO2.Cc1ccc2cc1-c1cnn3ccc(nc13)NCCN1CCOC[C@H]1CO2.Cc1ccc2cc1-c1cnn3ccc(nc13)OCCN1CCC[C@H]1CN2.